The number of carbonyl (C=O) groups is 3. The first-order chi connectivity index (χ1) is 21.1. The Morgan fingerprint density at radius 1 is 0.844 bits per heavy atom. The summed E-state index contributed by atoms with van der Waals surface area (Å²) in [4.78, 5) is 40.2. The van der Waals surface area contributed by atoms with Gasteiger partial charge in [0.1, 0.15) is 18.7 Å². The second-order valence-corrected chi connectivity index (χ2v) is 15.7. The fourth-order valence-electron chi connectivity index (χ4n) is 7.69. The third kappa shape index (κ3) is 8.42. The van der Waals surface area contributed by atoms with Crippen LogP contribution in [0.2, 0.25) is 0 Å². The Labute approximate surface area is 270 Å². The molecule has 3 saturated carbocycles. The average Bonchev–Trinajstić information content (AvgIpc) is 3.32. The smallest absolute Gasteiger partial charge is 0.445 e. The van der Waals surface area contributed by atoms with Gasteiger partial charge >= 0.3 is 13.2 Å². The molecule has 1 heterocycles. The Morgan fingerprint density at radius 2 is 1.42 bits per heavy atom. The van der Waals surface area contributed by atoms with Crippen LogP contribution >= 0.6 is 0 Å². The summed E-state index contributed by atoms with van der Waals surface area (Å²) >= 11 is 0. The number of alkyl carbamates (subject to hydrolysis) is 1. The van der Waals surface area contributed by atoms with Crippen LogP contribution in [0.25, 0.3) is 0 Å². The summed E-state index contributed by atoms with van der Waals surface area (Å²) in [5.41, 5.74) is 0.701. The minimum Gasteiger partial charge on any atom is -0.445 e. The number of hydrogen-bond acceptors (Lipinski definition) is 6. The first kappa shape index (κ1) is 35.3. The van der Waals surface area contributed by atoms with Crippen molar-refractivity contribution < 1.29 is 28.4 Å². The van der Waals surface area contributed by atoms with Crippen LogP contribution in [0.1, 0.15) is 100.0 Å². The Bertz CT molecular complexity index is 1180. The lowest BCUT2D eigenvalue weighted by Crippen LogP contribution is -2.65. The number of amides is 3. The van der Waals surface area contributed by atoms with Crippen molar-refractivity contribution in [3.05, 3.63) is 35.9 Å². The van der Waals surface area contributed by atoms with E-state index in [1.54, 1.807) is 0 Å². The van der Waals surface area contributed by atoms with Crippen LogP contribution < -0.4 is 16.0 Å². The van der Waals surface area contributed by atoms with Crippen LogP contribution in [-0.2, 0) is 30.2 Å². The van der Waals surface area contributed by atoms with Gasteiger partial charge in [0.2, 0.25) is 11.8 Å². The molecule has 10 heteroatoms. The van der Waals surface area contributed by atoms with Gasteiger partial charge in [-0.15, -0.1) is 0 Å². The summed E-state index contributed by atoms with van der Waals surface area (Å²) < 4.78 is 18.7. The highest BCUT2D eigenvalue weighted by atomic mass is 16.7. The van der Waals surface area contributed by atoms with Crippen LogP contribution in [0.15, 0.2) is 30.3 Å². The van der Waals surface area contributed by atoms with E-state index in [2.05, 4.69) is 50.6 Å². The number of benzene rings is 1. The minimum atomic E-state index is -0.846. The molecule has 3 amide bonds. The van der Waals surface area contributed by atoms with Gasteiger partial charge in [0, 0.05) is 0 Å². The molecule has 1 aromatic carbocycles. The van der Waals surface area contributed by atoms with Gasteiger partial charge in [-0.1, -0.05) is 85.7 Å². The molecular formula is C35H56BN3O6. The van der Waals surface area contributed by atoms with E-state index >= 15 is 0 Å². The quantitative estimate of drug-likeness (QED) is 0.230. The van der Waals surface area contributed by atoms with Gasteiger partial charge < -0.3 is 30.0 Å². The van der Waals surface area contributed by atoms with Gasteiger partial charge in [-0.25, -0.2) is 4.79 Å². The Hall–Kier alpha value is -2.59. The van der Waals surface area contributed by atoms with E-state index in [1.807, 2.05) is 58.0 Å². The second kappa shape index (κ2) is 14.5. The molecule has 2 bridgehead atoms. The SMILES string of the molecule is CC(C)CC(NC(=O)C(CC(C)C)NC(=O)C(CC(C)C)NC(=O)OCc1ccccc1)B1OC2CC3CC(C3(C)C)C2(C)O1. The second-order valence-electron chi connectivity index (χ2n) is 15.7. The van der Waals surface area contributed by atoms with Crippen molar-refractivity contribution >= 4 is 25.0 Å². The number of hydrogen-bond donors (Lipinski definition) is 3. The first-order valence-corrected chi connectivity index (χ1v) is 17.0. The summed E-state index contributed by atoms with van der Waals surface area (Å²) in [6.45, 7) is 19.2. The summed E-state index contributed by atoms with van der Waals surface area (Å²) in [6.07, 6.45) is 3.01. The van der Waals surface area contributed by atoms with Gasteiger partial charge in [-0.05, 0) is 79.6 Å². The molecule has 3 aliphatic carbocycles. The van der Waals surface area contributed by atoms with E-state index in [9.17, 15) is 14.4 Å². The van der Waals surface area contributed by atoms with Gasteiger partial charge in [0.25, 0.3) is 0 Å². The van der Waals surface area contributed by atoms with E-state index in [0.29, 0.717) is 37.0 Å². The van der Waals surface area contributed by atoms with Gasteiger partial charge in [0.05, 0.1) is 17.6 Å². The predicted octanol–water partition coefficient (Wildman–Crippen LogP) is 5.66. The molecule has 1 aromatic rings. The Kier molecular flexibility index (Phi) is 11.3. The van der Waals surface area contributed by atoms with Crippen LogP contribution in [0, 0.1) is 35.0 Å². The van der Waals surface area contributed by atoms with Crippen LogP contribution in [0.3, 0.4) is 0 Å². The fraction of sp³-hybridized carbons (Fsp3) is 0.743. The number of ether oxygens (including phenoxy) is 1. The zero-order valence-corrected chi connectivity index (χ0v) is 28.9. The van der Waals surface area contributed by atoms with Crippen molar-refractivity contribution in [2.24, 2.45) is 35.0 Å². The van der Waals surface area contributed by atoms with Gasteiger partial charge in [-0.3, -0.25) is 9.59 Å². The van der Waals surface area contributed by atoms with Gasteiger partial charge in [-0.2, -0.15) is 0 Å². The lowest BCUT2D eigenvalue weighted by atomic mass is 9.43. The van der Waals surface area contributed by atoms with Crippen molar-refractivity contribution in [3.63, 3.8) is 0 Å². The zero-order valence-electron chi connectivity index (χ0n) is 28.9. The lowest BCUT2D eigenvalue weighted by Gasteiger charge is -2.64. The van der Waals surface area contributed by atoms with E-state index < -0.39 is 31.2 Å². The van der Waals surface area contributed by atoms with Crippen molar-refractivity contribution in [2.75, 3.05) is 0 Å². The van der Waals surface area contributed by atoms with E-state index in [0.717, 1.165) is 18.4 Å². The van der Waals surface area contributed by atoms with E-state index in [4.69, 9.17) is 14.0 Å². The highest BCUT2D eigenvalue weighted by Crippen LogP contribution is 2.65. The van der Waals surface area contributed by atoms with Crippen molar-refractivity contribution in [2.45, 2.75) is 131 Å². The standard InChI is InChI=1S/C35H56BN3O6/c1-21(2)15-26(37-31(40)27(16-22(3)4)38-33(42)43-20-24-13-11-10-12-14-24)32(41)39-30(17-23(5)6)36-44-29-19-25-18-28(34(25,7)8)35(29,9)45-36/h10-14,21-23,25-30H,15-20H2,1-9H3,(H,37,40)(H,38,42)(H,39,41). The monoisotopic (exact) mass is 625 g/mol. The van der Waals surface area contributed by atoms with Crippen LogP contribution in [-0.4, -0.2) is 54.8 Å². The highest BCUT2D eigenvalue weighted by molar-refractivity contribution is 6.48. The zero-order chi connectivity index (χ0) is 33.1. The lowest BCUT2D eigenvalue weighted by molar-refractivity contribution is -0.199. The minimum absolute atomic E-state index is 0.0153. The highest BCUT2D eigenvalue weighted by Gasteiger charge is 2.68. The average molecular weight is 626 g/mol. The topological polar surface area (TPSA) is 115 Å². The summed E-state index contributed by atoms with van der Waals surface area (Å²) in [5, 5.41) is 8.91. The van der Waals surface area contributed by atoms with E-state index in [-0.39, 0.29) is 47.4 Å². The van der Waals surface area contributed by atoms with Crippen LogP contribution in [0.5, 0.6) is 0 Å². The van der Waals surface area contributed by atoms with Crippen LogP contribution in [0.4, 0.5) is 4.79 Å². The maximum Gasteiger partial charge on any atom is 0.481 e. The molecule has 4 aliphatic rings. The van der Waals surface area contributed by atoms with Crippen molar-refractivity contribution in [1.29, 1.82) is 0 Å². The third-order valence-corrected chi connectivity index (χ3v) is 10.2. The fourth-order valence-corrected chi connectivity index (χ4v) is 7.69. The van der Waals surface area contributed by atoms with Crippen molar-refractivity contribution in [1.82, 2.24) is 16.0 Å². The molecule has 9 nitrogen and oxygen atoms in total. The summed E-state index contributed by atoms with van der Waals surface area (Å²) in [6, 6.07) is 7.75. The van der Waals surface area contributed by atoms with E-state index in [1.165, 1.54) is 0 Å². The normalized spacial score (nSPS) is 26.9. The first-order valence-electron chi connectivity index (χ1n) is 17.0. The molecule has 7 atom stereocenters. The molecule has 45 heavy (non-hydrogen) atoms. The molecule has 4 fully saturated rings. The molecule has 1 aliphatic heterocycles. The largest absolute Gasteiger partial charge is 0.481 e. The molecule has 0 aromatic heterocycles. The molecular weight excluding hydrogens is 569 g/mol. The Morgan fingerprint density at radius 3 is 2.00 bits per heavy atom. The molecule has 0 radical (unpaired) electrons. The van der Waals surface area contributed by atoms with Crippen molar-refractivity contribution in [3.8, 4) is 0 Å². The van der Waals surface area contributed by atoms with Gasteiger partial charge in [0.15, 0.2) is 0 Å². The molecule has 0 spiro atoms. The maximum absolute atomic E-state index is 13.9. The molecule has 7 unspecified atom stereocenters. The molecule has 3 N–H and O–H groups in total. The Balaban J connectivity index is 1.43. The number of carbonyl (C=O) groups excluding carboxylic acids is 3. The molecule has 5 rings (SSSR count). The predicted molar refractivity (Wildman–Crippen MR) is 176 cm³/mol. The summed E-state index contributed by atoms with van der Waals surface area (Å²) in [7, 11) is -0.549. The number of rotatable bonds is 14. The number of nitrogens with one attached hydrogen (secondary N) is 3. The molecule has 250 valence electrons. The third-order valence-electron chi connectivity index (χ3n) is 10.2. The summed E-state index contributed by atoms with van der Waals surface area (Å²) in [5.74, 6) is 0.589. The molecule has 1 saturated heterocycles. The maximum atomic E-state index is 13.9.